The number of thioether (sulfide) groups is 2. The first-order valence-corrected chi connectivity index (χ1v) is 7.37. The summed E-state index contributed by atoms with van der Waals surface area (Å²) in [5, 5.41) is 7.11. The van der Waals surface area contributed by atoms with E-state index in [2.05, 4.69) is 17.1 Å². The monoisotopic (exact) mass is 261 g/mol. The van der Waals surface area contributed by atoms with Crippen molar-refractivity contribution < 1.29 is 0 Å². The van der Waals surface area contributed by atoms with Crippen LogP contribution in [0.2, 0.25) is 0 Å². The van der Waals surface area contributed by atoms with Crippen molar-refractivity contribution >= 4 is 35.7 Å². The maximum Gasteiger partial charge on any atom is 0.194 e. The van der Waals surface area contributed by atoms with E-state index in [1.54, 1.807) is 0 Å². The maximum absolute atomic E-state index is 5.11. The summed E-state index contributed by atoms with van der Waals surface area (Å²) >= 11 is 9.19. The smallest absolute Gasteiger partial charge is 0.194 e. The van der Waals surface area contributed by atoms with Gasteiger partial charge in [0.25, 0.3) is 0 Å². The lowest BCUT2D eigenvalue weighted by Gasteiger charge is -2.31. The van der Waals surface area contributed by atoms with Crippen LogP contribution in [0, 0.1) is 4.77 Å². The third-order valence-corrected chi connectivity index (χ3v) is 6.12. The van der Waals surface area contributed by atoms with Gasteiger partial charge in [0.1, 0.15) is 5.82 Å². The van der Waals surface area contributed by atoms with E-state index in [9.17, 15) is 0 Å². The number of hydrogen-bond donors (Lipinski definition) is 1. The number of nitrogens with one attached hydrogen (secondary N) is 1. The van der Waals surface area contributed by atoms with Crippen LogP contribution in [-0.2, 0) is 13.5 Å². The van der Waals surface area contributed by atoms with E-state index in [4.69, 9.17) is 12.2 Å². The van der Waals surface area contributed by atoms with Crippen LogP contribution in [-0.4, -0.2) is 30.3 Å². The minimum atomic E-state index is 0.271. The van der Waals surface area contributed by atoms with Gasteiger partial charge in [-0.15, -0.1) is 23.5 Å². The van der Waals surface area contributed by atoms with Crippen molar-refractivity contribution in [1.29, 1.82) is 0 Å². The topological polar surface area (TPSA) is 33.6 Å². The molecule has 1 aliphatic rings. The largest absolute Gasteiger partial charge is 0.307 e. The Hall–Kier alpha value is 0.0600. The molecule has 84 valence electrons. The van der Waals surface area contributed by atoms with Crippen LogP contribution in [0.3, 0.4) is 0 Å². The number of aromatic amines is 1. The molecular weight excluding hydrogens is 246 g/mol. The summed E-state index contributed by atoms with van der Waals surface area (Å²) in [7, 11) is 1.97. The quantitative estimate of drug-likeness (QED) is 0.830. The molecule has 0 atom stereocenters. The van der Waals surface area contributed by atoms with Crippen LogP contribution in [0.1, 0.15) is 19.2 Å². The second-order valence-corrected chi connectivity index (χ2v) is 7.71. The molecule has 2 heterocycles. The zero-order valence-corrected chi connectivity index (χ0v) is 11.4. The number of hydrogen-bond acceptors (Lipinski definition) is 4. The van der Waals surface area contributed by atoms with Gasteiger partial charge in [-0.1, -0.05) is 0 Å². The van der Waals surface area contributed by atoms with E-state index in [0.29, 0.717) is 4.77 Å². The highest BCUT2D eigenvalue weighted by Crippen LogP contribution is 2.43. The van der Waals surface area contributed by atoms with Gasteiger partial charge in [0.05, 0.1) is 4.08 Å². The maximum atomic E-state index is 5.11. The highest BCUT2D eigenvalue weighted by Gasteiger charge is 2.30. The molecule has 0 saturated carbocycles. The number of nitrogens with zero attached hydrogens (tertiary/aromatic N) is 2. The molecule has 1 saturated heterocycles. The van der Waals surface area contributed by atoms with Crippen molar-refractivity contribution in [2.45, 2.75) is 23.8 Å². The lowest BCUT2D eigenvalue weighted by molar-refractivity contribution is 0.734. The molecule has 6 heteroatoms. The Morgan fingerprint density at radius 3 is 2.73 bits per heavy atom. The van der Waals surface area contributed by atoms with Crippen molar-refractivity contribution in [1.82, 2.24) is 14.8 Å². The molecule has 1 aromatic rings. The van der Waals surface area contributed by atoms with Crippen LogP contribution in [0.5, 0.6) is 0 Å². The van der Waals surface area contributed by atoms with Crippen molar-refractivity contribution in [3.05, 3.63) is 10.6 Å². The number of aromatic nitrogens is 3. The molecule has 1 aromatic heterocycles. The van der Waals surface area contributed by atoms with Gasteiger partial charge in [-0.05, 0) is 37.1 Å². The predicted molar refractivity (Wildman–Crippen MR) is 70.0 cm³/mol. The molecule has 0 spiro atoms. The van der Waals surface area contributed by atoms with Crippen LogP contribution in [0.25, 0.3) is 0 Å². The Morgan fingerprint density at radius 1 is 1.53 bits per heavy atom. The molecule has 1 fully saturated rings. The van der Waals surface area contributed by atoms with Gasteiger partial charge in [0.15, 0.2) is 4.77 Å². The summed E-state index contributed by atoms with van der Waals surface area (Å²) in [4.78, 5) is 0. The van der Waals surface area contributed by atoms with E-state index in [1.807, 2.05) is 35.1 Å². The summed E-state index contributed by atoms with van der Waals surface area (Å²) in [5.41, 5.74) is 0. The molecule has 0 unspecified atom stereocenters. The zero-order chi connectivity index (χ0) is 10.9. The third kappa shape index (κ3) is 2.60. The van der Waals surface area contributed by atoms with Crippen molar-refractivity contribution in [2.24, 2.45) is 7.05 Å². The van der Waals surface area contributed by atoms with Crippen LogP contribution < -0.4 is 0 Å². The fourth-order valence-electron chi connectivity index (χ4n) is 1.60. The molecule has 2 rings (SSSR count). The predicted octanol–water partition coefficient (Wildman–Crippen LogP) is 2.61. The normalized spacial score (nSPS) is 20.4. The summed E-state index contributed by atoms with van der Waals surface area (Å²) < 4.78 is 2.95. The van der Waals surface area contributed by atoms with Gasteiger partial charge >= 0.3 is 0 Å². The van der Waals surface area contributed by atoms with Crippen molar-refractivity contribution in [2.75, 3.05) is 11.5 Å². The average Bonchev–Trinajstić information content (AvgIpc) is 2.50. The zero-order valence-electron chi connectivity index (χ0n) is 8.95. The molecule has 1 N–H and O–H groups in total. The lowest BCUT2D eigenvalue weighted by atomic mass is 10.3. The summed E-state index contributed by atoms with van der Waals surface area (Å²) in [5.74, 6) is 3.58. The Bertz CT molecular complexity index is 390. The van der Waals surface area contributed by atoms with Gasteiger partial charge in [-0.25, -0.2) is 0 Å². The van der Waals surface area contributed by atoms with Gasteiger partial charge < -0.3 is 4.57 Å². The van der Waals surface area contributed by atoms with Crippen LogP contribution in [0.15, 0.2) is 0 Å². The molecular formula is C9H15N3S3. The minimum absolute atomic E-state index is 0.271. The van der Waals surface area contributed by atoms with E-state index < -0.39 is 0 Å². The van der Waals surface area contributed by atoms with E-state index in [0.717, 1.165) is 12.2 Å². The SMILES string of the molecule is Cn1c(CC2(C)SCCCS2)n[nH]c1=S. The van der Waals surface area contributed by atoms with Crippen LogP contribution >= 0.6 is 35.7 Å². The first kappa shape index (κ1) is 11.5. The molecule has 0 aromatic carbocycles. The lowest BCUT2D eigenvalue weighted by Crippen LogP contribution is -2.25. The number of rotatable bonds is 2. The summed E-state index contributed by atoms with van der Waals surface area (Å²) in [6.07, 6.45) is 2.30. The van der Waals surface area contributed by atoms with Crippen LogP contribution in [0.4, 0.5) is 0 Å². The summed E-state index contributed by atoms with van der Waals surface area (Å²) in [6.45, 7) is 2.30. The molecule has 0 radical (unpaired) electrons. The average molecular weight is 261 g/mol. The van der Waals surface area contributed by atoms with E-state index in [1.165, 1.54) is 17.9 Å². The Kier molecular flexibility index (Phi) is 3.47. The second-order valence-electron chi connectivity index (χ2n) is 3.87. The van der Waals surface area contributed by atoms with E-state index >= 15 is 0 Å². The molecule has 0 amide bonds. The standard InChI is InChI=1S/C9H15N3S3/c1-9(14-4-3-5-15-9)6-7-10-11-8(13)12(7)2/h3-6H2,1-2H3,(H,11,13). The highest BCUT2D eigenvalue weighted by atomic mass is 32.2. The van der Waals surface area contributed by atoms with Crippen molar-refractivity contribution in [3.63, 3.8) is 0 Å². The minimum Gasteiger partial charge on any atom is -0.307 e. The van der Waals surface area contributed by atoms with E-state index in [-0.39, 0.29) is 4.08 Å². The fourth-order valence-corrected chi connectivity index (χ4v) is 4.67. The van der Waals surface area contributed by atoms with Gasteiger partial charge in [0.2, 0.25) is 0 Å². The Balaban J connectivity index is 2.13. The van der Waals surface area contributed by atoms with Crippen molar-refractivity contribution in [3.8, 4) is 0 Å². The second kappa shape index (κ2) is 4.51. The first-order chi connectivity index (χ1) is 7.11. The third-order valence-electron chi connectivity index (χ3n) is 2.56. The number of H-pyrrole nitrogens is 1. The van der Waals surface area contributed by atoms with Gasteiger partial charge in [-0.3, -0.25) is 5.10 Å². The fraction of sp³-hybridized carbons (Fsp3) is 0.778. The first-order valence-electron chi connectivity index (χ1n) is 4.99. The highest BCUT2D eigenvalue weighted by molar-refractivity contribution is 8.18. The molecule has 0 bridgehead atoms. The summed E-state index contributed by atoms with van der Waals surface area (Å²) in [6, 6.07) is 0. The van der Waals surface area contributed by atoms with Gasteiger partial charge in [-0.2, -0.15) is 5.10 Å². The Morgan fingerprint density at radius 2 is 2.20 bits per heavy atom. The Labute approximate surface area is 103 Å². The molecule has 0 aliphatic carbocycles. The van der Waals surface area contributed by atoms with Gasteiger partial charge in [0, 0.05) is 13.5 Å². The molecule has 3 nitrogen and oxygen atoms in total. The molecule has 15 heavy (non-hydrogen) atoms. The molecule has 1 aliphatic heterocycles.